The maximum absolute atomic E-state index is 9.48. The van der Waals surface area contributed by atoms with E-state index < -0.39 is 0 Å². The fraction of sp³-hybridized carbons (Fsp3) is 0.294. The highest BCUT2D eigenvalue weighted by atomic mass is 79.9. The van der Waals surface area contributed by atoms with Gasteiger partial charge in [0.05, 0.1) is 40.9 Å². The molecule has 4 heterocycles. The summed E-state index contributed by atoms with van der Waals surface area (Å²) in [6.07, 6.45) is 2.63. The summed E-state index contributed by atoms with van der Waals surface area (Å²) >= 11 is 3.49. The van der Waals surface area contributed by atoms with Gasteiger partial charge in [-0.25, -0.2) is 4.98 Å². The lowest BCUT2D eigenvalue weighted by molar-refractivity contribution is 0.224. The van der Waals surface area contributed by atoms with Crippen molar-refractivity contribution in [2.24, 2.45) is 0 Å². The van der Waals surface area contributed by atoms with Crippen molar-refractivity contribution in [3.63, 3.8) is 0 Å². The first-order valence-corrected chi connectivity index (χ1v) is 9.48. The number of fused-ring (bicyclic) bond motifs is 2. The van der Waals surface area contributed by atoms with Gasteiger partial charge in [-0.1, -0.05) is 12.1 Å². The third-order valence-corrected chi connectivity index (χ3v) is 5.34. The predicted molar refractivity (Wildman–Crippen MR) is 105 cm³/mol. The number of anilines is 2. The maximum atomic E-state index is 9.48. The van der Waals surface area contributed by atoms with Crippen molar-refractivity contribution in [3.05, 3.63) is 40.8 Å². The Morgan fingerprint density at radius 3 is 2.93 bits per heavy atom. The fourth-order valence-electron chi connectivity index (χ4n) is 3.23. The van der Waals surface area contributed by atoms with Gasteiger partial charge < -0.3 is 20.3 Å². The van der Waals surface area contributed by atoms with Crippen LogP contribution in [0.4, 0.5) is 11.9 Å². The van der Waals surface area contributed by atoms with Crippen molar-refractivity contribution in [1.82, 2.24) is 29.5 Å². The summed E-state index contributed by atoms with van der Waals surface area (Å²) in [4.78, 5) is 19.1. The lowest BCUT2D eigenvalue weighted by Gasteiger charge is -2.39. The number of aliphatic hydroxyl groups is 1. The van der Waals surface area contributed by atoms with E-state index in [2.05, 4.69) is 46.3 Å². The highest BCUT2D eigenvalue weighted by Crippen LogP contribution is 2.27. The molecule has 1 fully saturated rings. The normalized spacial score (nSPS) is 16.8. The molecule has 1 atom stereocenters. The second-order valence-corrected chi connectivity index (χ2v) is 7.30. The van der Waals surface area contributed by atoms with Gasteiger partial charge in [0.2, 0.25) is 11.9 Å². The molecule has 1 saturated heterocycles. The lowest BCUT2D eigenvalue weighted by Crippen LogP contribution is -2.51. The Morgan fingerprint density at radius 2 is 2.15 bits per heavy atom. The Balaban J connectivity index is 1.47. The van der Waals surface area contributed by atoms with Crippen LogP contribution in [0.1, 0.15) is 12.2 Å². The van der Waals surface area contributed by atoms with Gasteiger partial charge in [-0.15, -0.1) is 0 Å². The molecule has 1 aliphatic heterocycles. The molecule has 5 rings (SSSR count). The second kappa shape index (κ2) is 6.46. The van der Waals surface area contributed by atoms with Gasteiger partial charge in [0.25, 0.3) is 0 Å². The van der Waals surface area contributed by atoms with Crippen molar-refractivity contribution >= 4 is 44.5 Å². The van der Waals surface area contributed by atoms with E-state index in [0.29, 0.717) is 24.1 Å². The van der Waals surface area contributed by atoms with Crippen molar-refractivity contribution in [2.75, 3.05) is 23.4 Å². The molecule has 0 aliphatic carbocycles. The summed E-state index contributed by atoms with van der Waals surface area (Å²) < 4.78 is 2.45. The zero-order valence-electron chi connectivity index (χ0n) is 14.3. The standard InChI is InChI=1S/C17H17BrN8O/c18-11-7-20-26-15(11)23-17(25-6-5-10(25)9-27)24-16(26)19-8-14-21-12-3-1-2-4-13(12)22-14/h1-4,7,10,27H,5-6,8-9H2,(H,21,22)(H,19,23,24). The van der Waals surface area contributed by atoms with E-state index in [0.717, 1.165) is 34.3 Å². The molecule has 3 aromatic heterocycles. The number of benzene rings is 1. The molecule has 0 radical (unpaired) electrons. The zero-order chi connectivity index (χ0) is 18.4. The average molecular weight is 429 g/mol. The molecule has 4 aromatic rings. The van der Waals surface area contributed by atoms with E-state index in [9.17, 15) is 5.11 Å². The molecular formula is C17H17BrN8O. The number of imidazole rings is 1. The molecule has 10 heteroatoms. The summed E-state index contributed by atoms with van der Waals surface area (Å²) in [6.45, 7) is 1.40. The average Bonchev–Trinajstić information content (AvgIpc) is 3.23. The number of nitrogens with one attached hydrogen (secondary N) is 2. The van der Waals surface area contributed by atoms with Crippen molar-refractivity contribution in [3.8, 4) is 0 Å². The number of halogens is 1. The number of aromatic nitrogens is 6. The van der Waals surface area contributed by atoms with Crippen LogP contribution in [0.2, 0.25) is 0 Å². The summed E-state index contributed by atoms with van der Waals surface area (Å²) in [5.41, 5.74) is 2.60. The fourth-order valence-corrected chi connectivity index (χ4v) is 3.58. The minimum absolute atomic E-state index is 0.0670. The predicted octanol–water partition coefficient (Wildman–Crippen LogP) is 1.95. The Hall–Kier alpha value is -2.72. The highest BCUT2D eigenvalue weighted by Gasteiger charge is 2.30. The smallest absolute Gasteiger partial charge is 0.231 e. The molecule has 3 N–H and O–H groups in total. The summed E-state index contributed by atoms with van der Waals surface area (Å²) in [5, 5.41) is 17.1. The van der Waals surface area contributed by atoms with E-state index in [1.54, 1.807) is 10.7 Å². The minimum atomic E-state index is 0.0670. The molecule has 0 bridgehead atoms. The maximum Gasteiger partial charge on any atom is 0.231 e. The van der Waals surface area contributed by atoms with Gasteiger partial charge >= 0.3 is 0 Å². The molecule has 1 aromatic carbocycles. The van der Waals surface area contributed by atoms with Crippen molar-refractivity contribution < 1.29 is 5.11 Å². The van der Waals surface area contributed by atoms with Gasteiger partial charge in [-0.3, -0.25) is 0 Å². The van der Waals surface area contributed by atoms with Crippen molar-refractivity contribution in [2.45, 2.75) is 19.0 Å². The highest BCUT2D eigenvalue weighted by molar-refractivity contribution is 9.10. The van der Waals surface area contributed by atoms with E-state index >= 15 is 0 Å². The molecule has 1 unspecified atom stereocenters. The third-order valence-electron chi connectivity index (χ3n) is 4.78. The first kappa shape index (κ1) is 16.5. The molecule has 9 nitrogen and oxygen atoms in total. The van der Waals surface area contributed by atoms with Crippen LogP contribution in [0.25, 0.3) is 16.7 Å². The summed E-state index contributed by atoms with van der Waals surface area (Å²) in [7, 11) is 0. The van der Waals surface area contributed by atoms with E-state index in [4.69, 9.17) is 0 Å². The van der Waals surface area contributed by atoms with Gasteiger partial charge in [0, 0.05) is 6.54 Å². The first-order chi connectivity index (χ1) is 13.2. The number of hydrogen-bond acceptors (Lipinski definition) is 7. The number of rotatable bonds is 5. The molecule has 0 spiro atoms. The van der Waals surface area contributed by atoms with E-state index in [-0.39, 0.29) is 12.6 Å². The molecule has 0 saturated carbocycles. The van der Waals surface area contributed by atoms with Crippen LogP contribution in [0, 0.1) is 0 Å². The summed E-state index contributed by atoms with van der Waals surface area (Å²) in [6, 6.07) is 7.98. The zero-order valence-corrected chi connectivity index (χ0v) is 15.9. The van der Waals surface area contributed by atoms with Gasteiger partial charge in [0.1, 0.15) is 5.82 Å². The number of H-pyrrole nitrogens is 1. The number of aromatic amines is 1. The van der Waals surface area contributed by atoms with Crippen molar-refractivity contribution in [1.29, 1.82) is 0 Å². The van der Waals surface area contributed by atoms with Crippen LogP contribution < -0.4 is 10.2 Å². The van der Waals surface area contributed by atoms with Gasteiger partial charge in [-0.05, 0) is 34.5 Å². The van der Waals surface area contributed by atoms with Crippen LogP contribution in [0.3, 0.4) is 0 Å². The minimum Gasteiger partial charge on any atom is -0.394 e. The second-order valence-electron chi connectivity index (χ2n) is 6.45. The molecule has 1 aliphatic rings. The third kappa shape index (κ3) is 2.81. The van der Waals surface area contributed by atoms with Gasteiger partial charge in [-0.2, -0.15) is 19.6 Å². The Morgan fingerprint density at radius 1 is 1.26 bits per heavy atom. The Bertz CT molecular complexity index is 1090. The number of hydrogen-bond donors (Lipinski definition) is 3. The number of para-hydroxylation sites is 2. The van der Waals surface area contributed by atoms with Gasteiger partial charge in [0.15, 0.2) is 5.65 Å². The Kier molecular flexibility index (Phi) is 3.94. The lowest BCUT2D eigenvalue weighted by atomic mass is 10.1. The Labute approximate surface area is 162 Å². The molecule has 0 amide bonds. The summed E-state index contributed by atoms with van der Waals surface area (Å²) in [5.74, 6) is 1.97. The van der Waals surface area contributed by atoms with Crippen LogP contribution in [-0.2, 0) is 6.54 Å². The van der Waals surface area contributed by atoms with Crippen LogP contribution >= 0.6 is 15.9 Å². The largest absolute Gasteiger partial charge is 0.394 e. The monoisotopic (exact) mass is 428 g/mol. The molecule has 138 valence electrons. The number of aliphatic hydroxyl groups excluding tert-OH is 1. The SMILES string of the molecule is OCC1CCN1c1nc(NCc2nc3ccccc3[nH]2)n2ncc(Br)c2n1. The first-order valence-electron chi connectivity index (χ1n) is 8.69. The topological polar surface area (TPSA) is 107 Å². The van der Waals surface area contributed by atoms with Crippen LogP contribution in [-0.4, -0.2) is 53.9 Å². The number of nitrogens with zero attached hydrogens (tertiary/aromatic N) is 6. The van der Waals surface area contributed by atoms with Crippen LogP contribution in [0.15, 0.2) is 34.9 Å². The van der Waals surface area contributed by atoms with E-state index in [1.807, 2.05) is 29.2 Å². The van der Waals surface area contributed by atoms with Crippen LogP contribution in [0.5, 0.6) is 0 Å². The molecule has 27 heavy (non-hydrogen) atoms. The molecular weight excluding hydrogens is 412 g/mol. The van der Waals surface area contributed by atoms with E-state index in [1.165, 1.54) is 0 Å². The quantitative estimate of drug-likeness (QED) is 0.445.